The lowest BCUT2D eigenvalue weighted by Gasteiger charge is -2.19. The van der Waals surface area contributed by atoms with Crippen LogP contribution in [-0.2, 0) is 5.41 Å². The van der Waals surface area contributed by atoms with Gasteiger partial charge in [-0.2, -0.15) is 0 Å². The van der Waals surface area contributed by atoms with E-state index in [-0.39, 0.29) is 11.3 Å². The second-order valence-corrected chi connectivity index (χ2v) is 7.82. The number of carbonyl (C=O) groups is 1. The van der Waals surface area contributed by atoms with E-state index in [0.717, 1.165) is 16.9 Å². The zero-order chi connectivity index (χ0) is 20.0. The fraction of sp³-hybridized carbons (Fsp3) is 0.240. The Labute approximate surface area is 167 Å². The molecule has 0 fully saturated rings. The summed E-state index contributed by atoms with van der Waals surface area (Å²) in [6.07, 6.45) is 0. The molecule has 0 radical (unpaired) electrons. The van der Waals surface area contributed by atoms with Crippen LogP contribution in [-0.4, -0.2) is 19.1 Å². The van der Waals surface area contributed by atoms with Gasteiger partial charge in [-0.05, 0) is 46.4 Å². The fourth-order valence-corrected chi connectivity index (χ4v) is 2.93. The van der Waals surface area contributed by atoms with Gasteiger partial charge in [0.15, 0.2) is 0 Å². The Kier molecular flexibility index (Phi) is 6.15. The molecule has 0 aliphatic carbocycles. The van der Waals surface area contributed by atoms with E-state index >= 15 is 0 Å². The summed E-state index contributed by atoms with van der Waals surface area (Å²) in [7, 11) is 0. The number of benzene rings is 3. The highest BCUT2D eigenvalue weighted by Gasteiger charge is 2.13. The Morgan fingerprint density at radius 1 is 0.821 bits per heavy atom. The summed E-state index contributed by atoms with van der Waals surface area (Å²) in [6.45, 7) is 7.45. The van der Waals surface area contributed by atoms with Crippen molar-refractivity contribution < 1.29 is 9.53 Å². The number of hydrogen-bond acceptors (Lipinski definition) is 2. The third-order valence-electron chi connectivity index (χ3n) is 4.63. The van der Waals surface area contributed by atoms with Gasteiger partial charge in [0.1, 0.15) is 12.4 Å². The van der Waals surface area contributed by atoms with Crippen LogP contribution in [0, 0.1) is 0 Å². The van der Waals surface area contributed by atoms with Crippen molar-refractivity contribution >= 4 is 5.91 Å². The molecule has 0 unspecified atom stereocenters. The maximum absolute atomic E-state index is 12.3. The van der Waals surface area contributed by atoms with E-state index in [1.807, 2.05) is 54.6 Å². The van der Waals surface area contributed by atoms with E-state index < -0.39 is 0 Å². The van der Waals surface area contributed by atoms with Crippen LogP contribution >= 0.6 is 0 Å². The van der Waals surface area contributed by atoms with Crippen molar-refractivity contribution in [1.82, 2.24) is 5.32 Å². The number of hydrogen-bond donors (Lipinski definition) is 1. The lowest BCUT2D eigenvalue weighted by molar-refractivity contribution is 0.0947. The molecule has 28 heavy (non-hydrogen) atoms. The van der Waals surface area contributed by atoms with Crippen LogP contribution in [0.3, 0.4) is 0 Å². The molecule has 3 nitrogen and oxygen atoms in total. The molecular formula is C25H27NO2. The normalized spacial score (nSPS) is 11.1. The van der Waals surface area contributed by atoms with E-state index in [1.54, 1.807) is 0 Å². The van der Waals surface area contributed by atoms with Gasteiger partial charge >= 0.3 is 0 Å². The minimum atomic E-state index is -0.0914. The maximum atomic E-state index is 12.3. The van der Waals surface area contributed by atoms with Crippen molar-refractivity contribution in [2.75, 3.05) is 13.2 Å². The summed E-state index contributed by atoms with van der Waals surface area (Å²) in [4.78, 5) is 12.3. The lowest BCUT2D eigenvalue weighted by Crippen LogP contribution is -2.28. The van der Waals surface area contributed by atoms with Crippen LogP contribution in [0.1, 0.15) is 36.7 Å². The first kappa shape index (κ1) is 19.7. The van der Waals surface area contributed by atoms with Crippen molar-refractivity contribution in [3.63, 3.8) is 0 Å². The zero-order valence-electron chi connectivity index (χ0n) is 16.7. The fourth-order valence-electron chi connectivity index (χ4n) is 2.93. The van der Waals surface area contributed by atoms with Crippen molar-refractivity contribution in [2.24, 2.45) is 0 Å². The van der Waals surface area contributed by atoms with Crippen molar-refractivity contribution in [1.29, 1.82) is 0 Å². The van der Waals surface area contributed by atoms with Gasteiger partial charge in [0.05, 0.1) is 6.54 Å². The first-order valence-corrected chi connectivity index (χ1v) is 9.60. The third-order valence-corrected chi connectivity index (χ3v) is 4.63. The Bertz CT molecular complexity index is 892. The average molecular weight is 373 g/mol. The highest BCUT2D eigenvalue weighted by molar-refractivity contribution is 5.94. The lowest BCUT2D eigenvalue weighted by atomic mass is 9.87. The molecular weight excluding hydrogens is 346 g/mol. The molecule has 0 bridgehead atoms. The first-order chi connectivity index (χ1) is 13.4. The summed E-state index contributed by atoms with van der Waals surface area (Å²) in [5.41, 5.74) is 4.28. The van der Waals surface area contributed by atoms with Crippen LogP contribution in [0.15, 0.2) is 78.9 Å². The first-order valence-electron chi connectivity index (χ1n) is 9.60. The summed E-state index contributed by atoms with van der Waals surface area (Å²) < 4.78 is 5.72. The highest BCUT2D eigenvalue weighted by atomic mass is 16.5. The maximum Gasteiger partial charge on any atom is 0.251 e. The molecule has 1 N–H and O–H groups in total. The smallest absolute Gasteiger partial charge is 0.251 e. The van der Waals surface area contributed by atoms with Crippen LogP contribution < -0.4 is 10.1 Å². The second-order valence-electron chi connectivity index (χ2n) is 7.82. The number of carbonyl (C=O) groups excluding carboxylic acids is 1. The quantitative estimate of drug-likeness (QED) is 0.583. The van der Waals surface area contributed by atoms with Gasteiger partial charge in [-0.3, -0.25) is 4.79 Å². The van der Waals surface area contributed by atoms with Crippen molar-refractivity contribution in [3.05, 3.63) is 90.0 Å². The van der Waals surface area contributed by atoms with Gasteiger partial charge in [-0.15, -0.1) is 0 Å². The van der Waals surface area contributed by atoms with Gasteiger partial charge in [0.2, 0.25) is 0 Å². The molecule has 0 atom stereocenters. The molecule has 3 aromatic carbocycles. The number of ether oxygens (including phenoxy) is 1. The molecule has 3 rings (SSSR count). The van der Waals surface area contributed by atoms with E-state index in [4.69, 9.17) is 4.74 Å². The summed E-state index contributed by atoms with van der Waals surface area (Å²) in [5, 5.41) is 2.90. The monoisotopic (exact) mass is 373 g/mol. The minimum absolute atomic E-state index is 0.0914. The second kappa shape index (κ2) is 8.75. The molecule has 0 saturated heterocycles. The Balaban J connectivity index is 1.47. The molecule has 3 aromatic rings. The predicted octanol–water partition coefficient (Wildman–Crippen LogP) is 5.46. The van der Waals surface area contributed by atoms with E-state index in [1.165, 1.54) is 5.56 Å². The largest absolute Gasteiger partial charge is 0.492 e. The zero-order valence-corrected chi connectivity index (χ0v) is 16.7. The predicted molar refractivity (Wildman–Crippen MR) is 115 cm³/mol. The highest BCUT2D eigenvalue weighted by Crippen LogP contribution is 2.24. The topological polar surface area (TPSA) is 38.3 Å². The molecule has 0 aromatic heterocycles. The van der Waals surface area contributed by atoms with Crippen LogP contribution in [0.2, 0.25) is 0 Å². The minimum Gasteiger partial charge on any atom is -0.492 e. The molecule has 0 aliphatic heterocycles. The van der Waals surface area contributed by atoms with Gasteiger partial charge < -0.3 is 10.1 Å². The van der Waals surface area contributed by atoms with Gasteiger partial charge in [-0.25, -0.2) is 0 Å². The Hall–Kier alpha value is -3.07. The number of rotatable bonds is 6. The average Bonchev–Trinajstić information content (AvgIpc) is 2.71. The molecule has 144 valence electrons. The SMILES string of the molecule is CC(C)(C)c1ccc(OCCNC(=O)c2ccc(-c3ccccc3)cc2)cc1. The molecule has 0 spiro atoms. The van der Waals surface area contributed by atoms with Gasteiger partial charge in [0, 0.05) is 5.56 Å². The Morgan fingerprint density at radius 2 is 1.43 bits per heavy atom. The van der Waals surface area contributed by atoms with E-state index in [2.05, 4.69) is 50.4 Å². The summed E-state index contributed by atoms with van der Waals surface area (Å²) >= 11 is 0. The van der Waals surface area contributed by atoms with E-state index in [0.29, 0.717) is 18.7 Å². The summed E-state index contributed by atoms with van der Waals surface area (Å²) in [6, 6.07) is 25.9. The van der Waals surface area contributed by atoms with Crippen molar-refractivity contribution in [2.45, 2.75) is 26.2 Å². The van der Waals surface area contributed by atoms with Crippen LogP contribution in [0.5, 0.6) is 5.75 Å². The standard InChI is InChI=1S/C25H27NO2/c1-25(2,3)22-13-15-23(16-14-22)28-18-17-26-24(27)21-11-9-20(10-12-21)19-7-5-4-6-8-19/h4-16H,17-18H2,1-3H3,(H,26,27). The Morgan fingerprint density at radius 3 is 2.04 bits per heavy atom. The van der Waals surface area contributed by atoms with Crippen LogP contribution in [0.4, 0.5) is 0 Å². The summed E-state index contributed by atoms with van der Waals surface area (Å²) in [5.74, 6) is 0.723. The molecule has 0 saturated carbocycles. The number of nitrogens with one attached hydrogen (secondary N) is 1. The van der Waals surface area contributed by atoms with Gasteiger partial charge in [0.25, 0.3) is 5.91 Å². The van der Waals surface area contributed by atoms with Crippen LogP contribution in [0.25, 0.3) is 11.1 Å². The molecule has 0 aliphatic rings. The van der Waals surface area contributed by atoms with Crippen molar-refractivity contribution in [3.8, 4) is 16.9 Å². The van der Waals surface area contributed by atoms with E-state index in [9.17, 15) is 4.79 Å². The molecule has 1 amide bonds. The van der Waals surface area contributed by atoms with Gasteiger partial charge in [-0.1, -0.05) is 75.4 Å². The number of amides is 1. The third kappa shape index (κ3) is 5.23. The molecule has 3 heteroatoms. The molecule has 0 heterocycles.